The molecule has 0 amide bonds. The highest BCUT2D eigenvalue weighted by Gasteiger charge is 2.16. The molecule has 0 aliphatic rings. The monoisotopic (exact) mass is 192 g/mol. The van der Waals surface area contributed by atoms with Gasteiger partial charge in [0.25, 0.3) is 0 Å². The number of ether oxygens (including phenoxy) is 1. The molecular weight excluding hydrogens is 175 g/mol. The number of alkyl halides is 1. The molecule has 1 atom stereocenters. The second kappa shape index (κ2) is 9.16. The van der Waals surface area contributed by atoms with Gasteiger partial charge in [-0.15, -0.1) is 0 Å². The van der Waals surface area contributed by atoms with Gasteiger partial charge in [-0.1, -0.05) is 20.8 Å². The van der Waals surface area contributed by atoms with Gasteiger partial charge in [0, 0.05) is 5.92 Å². The SMILES string of the molecule is CC.COC(=O)CC(C)C(=O)CF. The number of carbonyl (C=O) groups excluding carboxylic acids is 2. The van der Waals surface area contributed by atoms with E-state index in [4.69, 9.17) is 0 Å². The molecule has 0 spiro atoms. The summed E-state index contributed by atoms with van der Waals surface area (Å²) >= 11 is 0. The highest BCUT2D eigenvalue weighted by molar-refractivity contribution is 5.85. The maximum atomic E-state index is 11.7. The smallest absolute Gasteiger partial charge is 0.306 e. The molecule has 0 aromatic heterocycles. The van der Waals surface area contributed by atoms with Crippen LogP contribution >= 0.6 is 0 Å². The van der Waals surface area contributed by atoms with Gasteiger partial charge in [-0.05, 0) is 0 Å². The largest absolute Gasteiger partial charge is 0.469 e. The lowest BCUT2D eigenvalue weighted by Gasteiger charge is -2.04. The van der Waals surface area contributed by atoms with Crippen LogP contribution in [0.25, 0.3) is 0 Å². The van der Waals surface area contributed by atoms with Crippen molar-refractivity contribution in [2.24, 2.45) is 5.92 Å². The van der Waals surface area contributed by atoms with Crippen molar-refractivity contribution in [1.82, 2.24) is 0 Å². The zero-order valence-electron chi connectivity index (χ0n) is 8.59. The molecule has 0 aliphatic heterocycles. The number of methoxy groups -OCH3 is 1. The van der Waals surface area contributed by atoms with Crippen molar-refractivity contribution in [3.63, 3.8) is 0 Å². The lowest BCUT2D eigenvalue weighted by atomic mass is 10.0. The van der Waals surface area contributed by atoms with E-state index in [9.17, 15) is 14.0 Å². The van der Waals surface area contributed by atoms with Crippen LogP contribution in [0.4, 0.5) is 4.39 Å². The van der Waals surface area contributed by atoms with E-state index in [1.54, 1.807) is 0 Å². The Morgan fingerprint density at radius 2 is 1.85 bits per heavy atom. The molecule has 3 nitrogen and oxygen atoms in total. The van der Waals surface area contributed by atoms with Crippen LogP contribution in [0.5, 0.6) is 0 Å². The van der Waals surface area contributed by atoms with Crippen molar-refractivity contribution < 1.29 is 18.7 Å². The fourth-order valence-electron chi connectivity index (χ4n) is 0.579. The van der Waals surface area contributed by atoms with E-state index < -0.39 is 24.3 Å². The van der Waals surface area contributed by atoms with Crippen molar-refractivity contribution >= 4 is 11.8 Å². The molecule has 0 N–H and O–H groups in total. The number of halogens is 1. The van der Waals surface area contributed by atoms with Crippen LogP contribution in [0.1, 0.15) is 27.2 Å². The number of Topliss-reactive ketones (excluding diaryl/α,β-unsaturated/α-hetero) is 1. The van der Waals surface area contributed by atoms with Gasteiger partial charge in [0.2, 0.25) is 0 Å². The first-order valence-electron chi connectivity index (χ1n) is 4.27. The molecule has 0 aromatic rings. The van der Waals surface area contributed by atoms with Gasteiger partial charge in [-0.25, -0.2) is 4.39 Å². The van der Waals surface area contributed by atoms with Crippen LogP contribution in [0.15, 0.2) is 0 Å². The summed E-state index contributed by atoms with van der Waals surface area (Å²) in [5, 5.41) is 0. The second-order valence-electron chi connectivity index (χ2n) is 2.28. The van der Waals surface area contributed by atoms with Gasteiger partial charge in [0.1, 0.15) is 6.67 Å². The molecule has 0 bridgehead atoms. The Balaban J connectivity index is 0. The van der Waals surface area contributed by atoms with E-state index in [1.807, 2.05) is 13.8 Å². The molecule has 0 aromatic carbocycles. The van der Waals surface area contributed by atoms with Crippen molar-refractivity contribution in [2.75, 3.05) is 13.8 Å². The quantitative estimate of drug-likeness (QED) is 0.637. The molecular formula is C9H17FO3. The van der Waals surface area contributed by atoms with Gasteiger partial charge in [-0.3, -0.25) is 9.59 Å². The summed E-state index contributed by atoms with van der Waals surface area (Å²) in [5.41, 5.74) is 0. The van der Waals surface area contributed by atoms with Gasteiger partial charge in [0.05, 0.1) is 13.5 Å². The first kappa shape index (κ1) is 14.6. The summed E-state index contributed by atoms with van der Waals surface area (Å²) in [6, 6.07) is 0. The van der Waals surface area contributed by atoms with Gasteiger partial charge in [-0.2, -0.15) is 0 Å². The first-order valence-corrected chi connectivity index (χ1v) is 4.27. The maximum absolute atomic E-state index is 11.7. The third-order valence-corrected chi connectivity index (χ3v) is 1.38. The molecule has 0 aliphatic carbocycles. The summed E-state index contributed by atoms with van der Waals surface area (Å²) in [5.74, 6) is -1.62. The van der Waals surface area contributed by atoms with Crippen LogP contribution in [0.3, 0.4) is 0 Å². The minimum Gasteiger partial charge on any atom is -0.469 e. The van der Waals surface area contributed by atoms with E-state index in [2.05, 4.69) is 4.74 Å². The van der Waals surface area contributed by atoms with Crippen LogP contribution in [0.2, 0.25) is 0 Å². The fraction of sp³-hybridized carbons (Fsp3) is 0.778. The third-order valence-electron chi connectivity index (χ3n) is 1.38. The van der Waals surface area contributed by atoms with Gasteiger partial charge in [0.15, 0.2) is 5.78 Å². The van der Waals surface area contributed by atoms with Crippen molar-refractivity contribution in [1.29, 1.82) is 0 Å². The zero-order chi connectivity index (χ0) is 10.9. The van der Waals surface area contributed by atoms with Crippen LogP contribution in [-0.2, 0) is 14.3 Å². The number of hydrogen-bond donors (Lipinski definition) is 0. The number of ketones is 1. The van der Waals surface area contributed by atoms with Crippen molar-refractivity contribution in [3.05, 3.63) is 0 Å². The average molecular weight is 192 g/mol. The topological polar surface area (TPSA) is 43.4 Å². The Labute approximate surface area is 78.3 Å². The second-order valence-corrected chi connectivity index (χ2v) is 2.28. The molecule has 1 unspecified atom stereocenters. The summed E-state index contributed by atoms with van der Waals surface area (Å²) in [6.45, 7) is 4.48. The predicted molar refractivity (Wildman–Crippen MR) is 48.1 cm³/mol. The molecule has 0 radical (unpaired) electrons. The van der Waals surface area contributed by atoms with E-state index in [0.29, 0.717) is 0 Å². The van der Waals surface area contributed by atoms with Gasteiger partial charge >= 0.3 is 5.97 Å². The maximum Gasteiger partial charge on any atom is 0.306 e. The van der Waals surface area contributed by atoms with Crippen LogP contribution in [-0.4, -0.2) is 25.5 Å². The molecule has 0 fully saturated rings. The molecule has 13 heavy (non-hydrogen) atoms. The normalized spacial score (nSPS) is 10.8. The number of rotatable bonds is 4. The summed E-state index contributed by atoms with van der Waals surface area (Å²) in [4.78, 5) is 21.1. The summed E-state index contributed by atoms with van der Waals surface area (Å²) < 4.78 is 16.0. The minimum absolute atomic E-state index is 0.0424. The Morgan fingerprint density at radius 3 is 2.15 bits per heavy atom. The van der Waals surface area contributed by atoms with Crippen LogP contribution in [0, 0.1) is 5.92 Å². The van der Waals surface area contributed by atoms with Gasteiger partial charge < -0.3 is 4.74 Å². The predicted octanol–water partition coefficient (Wildman–Crippen LogP) is 1.75. The molecule has 0 heterocycles. The highest BCUT2D eigenvalue weighted by atomic mass is 19.1. The first-order chi connectivity index (χ1) is 6.11. The van der Waals surface area contributed by atoms with E-state index >= 15 is 0 Å². The van der Waals surface area contributed by atoms with Crippen LogP contribution < -0.4 is 0 Å². The molecule has 78 valence electrons. The number of carbonyl (C=O) groups is 2. The molecule has 0 saturated carbocycles. The standard InChI is InChI=1S/C7H11FO3.C2H6/c1-5(6(9)4-8)3-7(10)11-2;1-2/h5H,3-4H2,1-2H3;1-2H3. The van der Waals surface area contributed by atoms with E-state index in [-0.39, 0.29) is 6.42 Å². The zero-order valence-corrected chi connectivity index (χ0v) is 8.59. The lowest BCUT2D eigenvalue weighted by Crippen LogP contribution is -2.17. The highest BCUT2D eigenvalue weighted by Crippen LogP contribution is 2.04. The summed E-state index contributed by atoms with van der Waals surface area (Å²) in [7, 11) is 1.23. The summed E-state index contributed by atoms with van der Waals surface area (Å²) in [6.07, 6.45) is -0.0424. The lowest BCUT2D eigenvalue weighted by molar-refractivity contribution is -0.143. The Hall–Kier alpha value is -0.930. The molecule has 0 rings (SSSR count). The third kappa shape index (κ3) is 7.43. The fourth-order valence-corrected chi connectivity index (χ4v) is 0.579. The Bertz CT molecular complexity index is 157. The van der Waals surface area contributed by atoms with Crippen molar-refractivity contribution in [2.45, 2.75) is 27.2 Å². The molecule has 0 saturated heterocycles. The molecule has 4 heteroatoms. The van der Waals surface area contributed by atoms with Crippen molar-refractivity contribution in [3.8, 4) is 0 Å². The van der Waals surface area contributed by atoms with E-state index in [1.165, 1.54) is 14.0 Å². The Morgan fingerprint density at radius 1 is 1.38 bits per heavy atom. The van der Waals surface area contributed by atoms with E-state index in [0.717, 1.165) is 0 Å². The number of hydrogen-bond acceptors (Lipinski definition) is 3. The average Bonchev–Trinajstić information content (AvgIpc) is 2.19. The number of esters is 1. The Kier molecular flexibility index (Phi) is 10.3. The minimum atomic E-state index is -1.02.